The van der Waals surface area contributed by atoms with Crippen LogP contribution in [0.4, 0.5) is 0 Å². The quantitative estimate of drug-likeness (QED) is 0.0222. The van der Waals surface area contributed by atoms with Gasteiger partial charge in [0.05, 0.1) is 26.4 Å². The molecule has 0 rings (SSSR count). The number of aliphatic hydroxyl groups excluding tert-OH is 1. The molecule has 2 unspecified atom stereocenters. The van der Waals surface area contributed by atoms with Gasteiger partial charge in [-0.1, -0.05) is 287 Å². The van der Waals surface area contributed by atoms with Crippen LogP contribution in [0.15, 0.2) is 0 Å². The van der Waals surface area contributed by atoms with Crippen LogP contribution in [0.5, 0.6) is 0 Å². The van der Waals surface area contributed by atoms with Crippen molar-refractivity contribution in [3.63, 3.8) is 0 Å². The zero-order chi connectivity index (χ0) is 65.4. The summed E-state index contributed by atoms with van der Waals surface area (Å²) in [6.45, 7) is 14.0. The molecule has 88 heavy (non-hydrogen) atoms. The highest BCUT2D eigenvalue weighted by molar-refractivity contribution is 7.47. The van der Waals surface area contributed by atoms with Crippen LogP contribution in [-0.4, -0.2) is 96.7 Å². The van der Waals surface area contributed by atoms with E-state index in [2.05, 4.69) is 55.4 Å². The first-order valence-corrected chi connectivity index (χ1v) is 38.7. The number of carbonyl (C=O) groups is 4. The molecule has 0 heterocycles. The van der Waals surface area contributed by atoms with Crippen LogP contribution in [0.1, 0.15) is 338 Å². The molecule has 0 aliphatic carbocycles. The molecule has 0 aliphatic rings. The molecule has 0 saturated heterocycles. The normalized spacial score (nSPS) is 14.3. The fourth-order valence-electron chi connectivity index (χ4n) is 10.3. The van der Waals surface area contributed by atoms with Gasteiger partial charge in [0.25, 0.3) is 0 Å². The van der Waals surface area contributed by atoms with Gasteiger partial charge in [-0.05, 0) is 49.4 Å². The third-order valence-corrected chi connectivity index (χ3v) is 17.7. The summed E-state index contributed by atoms with van der Waals surface area (Å²) in [6.07, 6.45) is 40.6. The lowest BCUT2D eigenvalue weighted by Gasteiger charge is -2.21. The summed E-state index contributed by atoms with van der Waals surface area (Å²) in [5, 5.41) is 10.6. The fraction of sp³-hybridized carbons (Fsp3) is 0.942. The van der Waals surface area contributed by atoms with Crippen LogP contribution in [0.2, 0.25) is 0 Å². The molecule has 0 fully saturated rings. The van der Waals surface area contributed by atoms with Crippen molar-refractivity contribution in [1.82, 2.24) is 0 Å². The van der Waals surface area contributed by atoms with E-state index in [1.807, 2.05) is 0 Å². The minimum Gasteiger partial charge on any atom is -0.462 e. The van der Waals surface area contributed by atoms with E-state index >= 15 is 0 Å². The van der Waals surface area contributed by atoms with Gasteiger partial charge in [-0.15, -0.1) is 0 Å². The number of ether oxygens (including phenoxy) is 4. The lowest BCUT2D eigenvalue weighted by molar-refractivity contribution is -0.161. The average molecular weight is 1300 g/mol. The molecule has 0 aliphatic heterocycles. The average Bonchev–Trinajstić information content (AvgIpc) is 3.44. The first kappa shape index (κ1) is 86.1. The largest absolute Gasteiger partial charge is 0.472 e. The van der Waals surface area contributed by atoms with Gasteiger partial charge >= 0.3 is 39.5 Å². The molecule has 19 heteroatoms. The van der Waals surface area contributed by atoms with E-state index in [1.165, 1.54) is 128 Å². The maximum absolute atomic E-state index is 13.0. The van der Waals surface area contributed by atoms with Gasteiger partial charge in [0.1, 0.15) is 19.3 Å². The van der Waals surface area contributed by atoms with E-state index in [-0.39, 0.29) is 25.7 Å². The zero-order valence-corrected chi connectivity index (χ0v) is 59.1. The fourth-order valence-corrected chi connectivity index (χ4v) is 11.9. The van der Waals surface area contributed by atoms with Crippen molar-refractivity contribution in [3.05, 3.63) is 0 Å². The third kappa shape index (κ3) is 62.8. The molecule has 3 N–H and O–H groups in total. The van der Waals surface area contributed by atoms with Crippen molar-refractivity contribution >= 4 is 39.5 Å². The van der Waals surface area contributed by atoms with E-state index in [4.69, 9.17) is 37.0 Å². The van der Waals surface area contributed by atoms with Gasteiger partial charge in [-0.3, -0.25) is 37.3 Å². The summed E-state index contributed by atoms with van der Waals surface area (Å²) in [5.74, 6) is 0.778. The van der Waals surface area contributed by atoms with E-state index < -0.39 is 97.5 Å². The predicted molar refractivity (Wildman–Crippen MR) is 354 cm³/mol. The van der Waals surface area contributed by atoms with E-state index in [9.17, 15) is 43.2 Å². The number of hydrogen-bond acceptors (Lipinski definition) is 15. The molecule has 0 aromatic rings. The number of unbranched alkanes of at least 4 members (excludes halogenated alkanes) is 32. The van der Waals surface area contributed by atoms with Gasteiger partial charge in [0.15, 0.2) is 12.2 Å². The first-order valence-electron chi connectivity index (χ1n) is 35.7. The first-order chi connectivity index (χ1) is 42.1. The standard InChI is InChI=1S/C69H134O17P2/c1-59(2)45-37-29-21-17-13-9-11-15-19-23-35-43-51-68(73)85-64(55-79-66(71)49-41-33-27-25-31-39-47-61(5)6)57-83-87(75,76)81-53-63(70)54-82-88(77,78)84-58-65(56-80-67(72)50-42-34-28-26-32-40-48-62(7)8)86-69(74)52-44-36-24-20-16-12-10-14-18-22-30-38-46-60(3)4/h59-65,70H,9-58H2,1-8H3,(H,75,76)(H,77,78)/t64-,65-/m1/s1. The molecule has 0 aromatic heterocycles. The Bertz CT molecular complexity index is 1630. The van der Waals surface area contributed by atoms with Gasteiger partial charge in [0, 0.05) is 25.7 Å². The van der Waals surface area contributed by atoms with Crippen molar-refractivity contribution in [1.29, 1.82) is 0 Å². The molecule has 0 aromatic carbocycles. The number of phosphoric acid groups is 2. The minimum atomic E-state index is -4.95. The SMILES string of the molecule is CC(C)CCCCCCCCCCCCCCC(=O)O[C@H](COC(=O)CCCCCCCCC(C)C)COP(=O)(O)OCC(O)COP(=O)(O)OC[C@@H](COC(=O)CCCCCCCCC(C)C)OC(=O)CCCCCCCCCCCCCCC(C)C. The Morgan fingerprint density at radius 3 is 0.705 bits per heavy atom. The number of rotatable bonds is 66. The van der Waals surface area contributed by atoms with Crippen molar-refractivity contribution < 1.29 is 80.2 Å². The van der Waals surface area contributed by atoms with Gasteiger partial charge in [-0.25, -0.2) is 9.13 Å². The Hall–Kier alpha value is -1.94. The van der Waals surface area contributed by atoms with Crippen molar-refractivity contribution in [2.75, 3.05) is 39.6 Å². The van der Waals surface area contributed by atoms with Crippen LogP contribution in [0, 0.1) is 23.7 Å². The van der Waals surface area contributed by atoms with Crippen LogP contribution in [0.25, 0.3) is 0 Å². The van der Waals surface area contributed by atoms with Crippen LogP contribution in [0.3, 0.4) is 0 Å². The Morgan fingerprint density at radius 1 is 0.284 bits per heavy atom. The van der Waals surface area contributed by atoms with Crippen molar-refractivity contribution in [2.24, 2.45) is 23.7 Å². The van der Waals surface area contributed by atoms with E-state index in [1.54, 1.807) is 0 Å². The smallest absolute Gasteiger partial charge is 0.462 e. The monoisotopic (exact) mass is 1300 g/mol. The summed E-state index contributed by atoms with van der Waals surface area (Å²) in [7, 11) is -9.90. The third-order valence-electron chi connectivity index (χ3n) is 15.8. The summed E-state index contributed by atoms with van der Waals surface area (Å²) < 4.78 is 68.2. The molecule has 0 saturated carbocycles. The number of esters is 4. The van der Waals surface area contributed by atoms with Gasteiger partial charge in [0.2, 0.25) is 0 Å². The van der Waals surface area contributed by atoms with E-state index in [0.717, 1.165) is 115 Å². The van der Waals surface area contributed by atoms with Crippen molar-refractivity contribution in [3.8, 4) is 0 Å². The van der Waals surface area contributed by atoms with Crippen LogP contribution >= 0.6 is 15.6 Å². The van der Waals surface area contributed by atoms with Gasteiger partial charge in [-0.2, -0.15) is 0 Å². The minimum absolute atomic E-state index is 0.105. The number of phosphoric ester groups is 2. The maximum Gasteiger partial charge on any atom is 0.472 e. The molecule has 0 bridgehead atoms. The second-order valence-corrected chi connectivity index (χ2v) is 29.7. The Kier molecular flexibility index (Phi) is 57.6. The highest BCUT2D eigenvalue weighted by Crippen LogP contribution is 2.45. The molecular formula is C69H134O17P2. The maximum atomic E-state index is 13.0. The lowest BCUT2D eigenvalue weighted by Crippen LogP contribution is -2.30. The molecule has 0 radical (unpaired) electrons. The van der Waals surface area contributed by atoms with E-state index in [0.29, 0.717) is 37.5 Å². The Labute approximate surface area is 537 Å². The highest BCUT2D eigenvalue weighted by atomic mass is 31.2. The van der Waals surface area contributed by atoms with Crippen LogP contribution < -0.4 is 0 Å². The molecule has 0 amide bonds. The summed E-state index contributed by atoms with van der Waals surface area (Å²) >= 11 is 0. The molecule has 522 valence electrons. The molecular weight excluding hydrogens is 1160 g/mol. The number of aliphatic hydroxyl groups is 1. The molecule has 4 atom stereocenters. The lowest BCUT2D eigenvalue weighted by atomic mass is 10.0. The zero-order valence-electron chi connectivity index (χ0n) is 57.3. The summed E-state index contributed by atoms with van der Waals surface area (Å²) in [6, 6.07) is 0. The highest BCUT2D eigenvalue weighted by Gasteiger charge is 2.30. The predicted octanol–water partition coefficient (Wildman–Crippen LogP) is 19.3. The number of hydrogen-bond donors (Lipinski definition) is 3. The molecule has 17 nitrogen and oxygen atoms in total. The molecule has 0 spiro atoms. The summed E-state index contributed by atoms with van der Waals surface area (Å²) in [5.41, 5.74) is 0. The topological polar surface area (TPSA) is 237 Å². The van der Waals surface area contributed by atoms with Gasteiger partial charge < -0.3 is 33.8 Å². The second-order valence-electron chi connectivity index (χ2n) is 26.8. The Morgan fingerprint density at radius 2 is 0.477 bits per heavy atom. The van der Waals surface area contributed by atoms with Crippen LogP contribution in [-0.2, 0) is 65.4 Å². The summed E-state index contributed by atoms with van der Waals surface area (Å²) in [4.78, 5) is 72.4. The Balaban J connectivity index is 5.22. The number of carbonyl (C=O) groups excluding carboxylic acids is 4. The second kappa shape index (κ2) is 58.8. The van der Waals surface area contributed by atoms with Crippen molar-refractivity contribution in [2.45, 2.75) is 356 Å².